The normalized spacial score (nSPS) is 16.7. The molecule has 5 rings (SSSR count). The van der Waals surface area contributed by atoms with Crippen LogP contribution in [0, 0.1) is 11.7 Å². The topological polar surface area (TPSA) is 116 Å². The first-order valence-electron chi connectivity index (χ1n) is 14.4. The lowest BCUT2D eigenvalue weighted by atomic mass is 9.94. The third kappa shape index (κ3) is 6.59. The average Bonchev–Trinajstić information content (AvgIpc) is 3.36. The third-order valence-electron chi connectivity index (χ3n) is 7.58. The number of para-hydroxylation sites is 1. The van der Waals surface area contributed by atoms with Crippen LogP contribution < -0.4 is 10.1 Å². The zero-order valence-electron chi connectivity index (χ0n) is 24.4. The summed E-state index contributed by atoms with van der Waals surface area (Å²) < 4.78 is 27.2. The first kappa shape index (κ1) is 29.9. The van der Waals surface area contributed by atoms with Gasteiger partial charge in [0, 0.05) is 42.7 Å². The first-order valence-corrected chi connectivity index (χ1v) is 14.4. The van der Waals surface area contributed by atoms with E-state index in [1.54, 1.807) is 24.4 Å². The molecule has 1 fully saturated rings. The number of nitrogens with one attached hydrogen (secondary N) is 1. The summed E-state index contributed by atoms with van der Waals surface area (Å²) in [5.74, 6) is -1.32. The molecule has 1 saturated heterocycles. The van der Waals surface area contributed by atoms with E-state index in [-0.39, 0.29) is 48.6 Å². The van der Waals surface area contributed by atoms with Crippen molar-refractivity contribution in [1.29, 1.82) is 0 Å². The van der Waals surface area contributed by atoms with Crippen LogP contribution >= 0.6 is 0 Å². The summed E-state index contributed by atoms with van der Waals surface area (Å²) in [6.07, 6.45) is 2.36. The van der Waals surface area contributed by atoms with Gasteiger partial charge in [0.15, 0.2) is 0 Å². The fourth-order valence-corrected chi connectivity index (χ4v) is 5.71. The quantitative estimate of drug-likeness (QED) is 0.224. The number of hydrogen-bond donors (Lipinski definition) is 2. The van der Waals surface area contributed by atoms with E-state index in [1.807, 2.05) is 44.2 Å². The Hall–Kier alpha value is -4.57. The van der Waals surface area contributed by atoms with E-state index in [4.69, 9.17) is 9.47 Å². The molecule has 10 heteroatoms. The molecular weight excluding hydrogens is 551 g/mol. The minimum atomic E-state index is -0.397. The fraction of sp³-hybridized carbons (Fsp3) is 0.333. The summed E-state index contributed by atoms with van der Waals surface area (Å²) in [7, 11) is 1.47. The van der Waals surface area contributed by atoms with Crippen molar-refractivity contribution in [3.8, 4) is 28.5 Å². The molecule has 9 nitrogen and oxygen atoms in total. The predicted octanol–water partition coefficient (Wildman–Crippen LogP) is 5.84. The molecule has 0 saturated carbocycles. The number of halogens is 1. The molecule has 1 amide bonds. The molecule has 2 aromatic heterocycles. The summed E-state index contributed by atoms with van der Waals surface area (Å²) >= 11 is 0. The fourth-order valence-electron chi connectivity index (χ4n) is 5.71. The van der Waals surface area contributed by atoms with E-state index in [0.717, 1.165) is 5.69 Å². The zero-order chi connectivity index (χ0) is 30.5. The number of cyclic esters (lactones) is 1. The van der Waals surface area contributed by atoms with Gasteiger partial charge in [0.2, 0.25) is 0 Å². The Kier molecular flexibility index (Phi) is 9.16. The van der Waals surface area contributed by atoms with Gasteiger partial charge in [0.1, 0.15) is 11.9 Å². The highest BCUT2D eigenvalue weighted by atomic mass is 19.1. The van der Waals surface area contributed by atoms with Crippen LogP contribution in [-0.4, -0.2) is 51.3 Å². The molecule has 1 aliphatic rings. The lowest BCUT2D eigenvalue weighted by Gasteiger charge is -2.28. The van der Waals surface area contributed by atoms with Crippen molar-refractivity contribution in [2.45, 2.75) is 51.7 Å². The summed E-state index contributed by atoms with van der Waals surface area (Å²) in [5, 5.41) is 12.8. The monoisotopic (exact) mass is 586 g/mol. The molecule has 224 valence electrons. The van der Waals surface area contributed by atoms with Gasteiger partial charge in [-0.15, -0.1) is 0 Å². The molecule has 1 aliphatic heterocycles. The number of aromatic nitrogens is 3. The minimum Gasteiger partial charge on any atom is -0.467 e. The lowest BCUT2D eigenvalue weighted by Crippen LogP contribution is -2.32. The van der Waals surface area contributed by atoms with E-state index in [9.17, 15) is 19.1 Å². The molecule has 43 heavy (non-hydrogen) atoms. The summed E-state index contributed by atoms with van der Waals surface area (Å²) in [6.45, 7) is 4.32. The summed E-state index contributed by atoms with van der Waals surface area (Å²) in [4.78, 5) is 35.3. The average molecular weight is 587 g/mol. The number of aliphatic hydroxyl groups is 1. The van der Waals surface area contributed by atoms with Crippen LogP contribution in [0.3, 0.4) is 0 Å². The Morgan fingerprint density at radius 3 is 2.58 bits per heavy atom. The molecule has 2 N–H and O–H groups in total. The van der Waals surface area contributed by atoms with Crippen LogP contribution in [0.2, 0.25) is 0 Å². The molecule has 0 spiro atoms. The number of rotatable bonds is 10. The smallest absolute Gasteiger partial charge is 0.316 e. The Morgan fingerprint density at radius 1 is 1.16 bits per heavy atom. The molecular formula is C33H35FN4O5. The Bertz CT molecular complexity index is 1590. The largest absolute Gasteiger partial charge is 0.467 e. The number of methoxy groups -OCH3 is 1. The van der Waals surface area contributed by atoms with Gasteiger partial charge in [0.05, 0.1) is 30.5 Å². The van der Waals surface area contributed by atoms with E-state index < -0.39 is 6.10 Å². The molecule has 2 atom stereocenters. The molecule has 3 heterocycles. The number of aliphatic hydroxyl groups excluding tert-OH is 1. The standard InChI is InChI=1S/C33H35FN4O5/c1-20(2)30-29(32(41)36-24-7-5-4-6-8-24)28(26-13-15-35-33(37-26)42-3)31(22-9-11-23(34)12-10-22)38(30)16-14-25-17-21(19-39)18-27(40)43-25/h4-13,15,20-21,25,39H,14,16-19H2,1-3H3,(H,36,41). The van der Waals surface area contributed by atoms with Gasteiger partial charge >= 0.3 is 12.0 Å². The van der Waals surface area contributed by atoms with Gasteiger partial charge in [-0.25, -0.2) is 9.37 Å². The summed E-state index contributed by atoms with van der Waals surface area (Å²) in [6, 6.07) is 17.1. The van der Waals surface area contributed by atoms with Crippen LogP contribution in [0.25, 0.3) is 22.5 Å². The van der Waals surface area contributed by atoms with Crippen LogP contribution in [0.1, 0.15) is 55.1 Å². The highest BCUT2D eigenvalue weighted by Gasteiger charge is 2.33. The second-order valence-electron chi connectivity index (χ2n) is 10.9. The lowest BCUT2D eigenvalue weighted by molar-refractivity contribution is -0.158. The number of nitrogens with zero attached hydrogens (tertiary/aromatic N) is 3. The van der Waals surface area contributed by atoms with Crippen molar-refractivity contribution in [2.75, 3.05) is 19.0 Å². The van der Waals surface area contributed by atoms with Crippen LogP contribution in [0.5, 0.6) is 6.01 Å². The SMILES string of the molecule is COc1nccc(-c2c(C(=O)Nc3ccccc3)c(C(C)C)n(CCC3CC(CO)CC(=O)O3)c2-c2ccc(F)cc2)n1. The number of carbonyl (C=O) groups is 2. The van der Waals surface area contributed by atoms with E-state index >= 15 is 0 Å². The predicted molar refractivity (Wildman–Crippen MR) is 160 cm³/mol. The number of esters is 1. The molecule has 0 aliphatic carbocycles. The second kappa shape index (κ2) is 13.2. The van der Waals surface area contributed by atoms with Gasteiger partial charge in [0.25, 0.3) is 5.91 Å². The Labute approximate surface area is 249 Å². The number of amides is 1. The van der Waals surface area contributed by atoms with Gasteiger partial charge in [-0.2, -0.15) is 4.98 Å². The van der Waals surface area contributed by atoms with Gasteiger partial charge in [-0.05, 0) is 66.3 Å². The van der Waals surface area contributed by atoms with Crippen LogP contribution in [0.15, 0.2) is 66.9 Å². The van der Waals surface area contributed by atoms with E-state index in [0.29, 0.717) is 53.2 Å². The molecule has 4 aromatic rings. The molecule has 0 bridgehead atoms. The maximum absolute atomic E-state index is 14.2. The molecule has 2 aromatic carbocycles. The van der Waals surface area contributed by atoms with Crippen LogP contribution in [0.4, 0.5) is 10.1 Å². The summed E-state index contributed by atoms with van der Waals surface area (Å²) in [5.41, 5.74) is 4.18. The number of benzene rings is 2. The minimum absolute atomic E-state index is 0.0866. The van der Waals surface area contributed by atoms with Crippen molar-refractivity contribution < 1.29 is 28.6 Å². The number of ether oxygens (including phenoxy) is 2. The third-order valence-corrected chi connectivity index (χ3v) is 7.58. The maximum atomic E-state index is 14.2. The van der Waals surface area contributed by atoms with Gasteiger partial charge in [-0.1, -0.05) is 32.0 Å². The van der Waals surface area contributed by atoms with Gasteiger partial charge < -0.3 is 24.5 Å². The van der Waals surface area contributed by atoms with E-state index in [2.05, 4.69) is 19.9 Å². The highest BCUT2D eigenvalue weighted by molar-refractivity contribution is 6.12. The van der Waals surface area contributed by atoms with Crippen LogP contribution in [-0.2, 0) is 16.1 Å². The Morgan fingerprint density at radius 2 is 1.91 bits per heavy atom. The molecule has 2 unspecified atom stereocenters. The molecule has 0 radical (unpaired) electrons. The number of carbonyl (C=O) groups excluding carboxylic acids is 2. The number of anilines is 1. The second-order valence-corrected chi connectivity index (χ2v) is 10.9. The first-order chi connectivity index (χ1) is 20.8. The highest BCUT2D eigenvalue weighted by Crippen LogP contribution is 2.42. The van der Waals surface area contributed by atoms with Crippen molar-refractivity contribution in [3.63, 3.8) is 0 Å². The Balaban J connectivity index is 1.72. The zero-order valence-corrected chi connectivity index (χ0v) is 24.4. The van der Waals surface area contributed by atoms with E-state index in [1.165, 1.54) is 19.2 Å². The van der Waals surface area contributed by atoms with Crippen molar-refractivity contribution >= 4 is 17.6 Å². The van der Waals surface area contributed by atoms with Crippen molar-refractivity contribution in [1.82, 2.24) is 14.5 Å². The van der Waals surface area contributed by atoms with Crippen molar-refractivity contribution in [3.05, 3.63) is 83.9 Å². The number of hydrogen-bond acceptors (Lipinski definition) is 7. The maximum Gasteiger partial charge on any atom is 0.316 e. The van der Waals surface area contributed by atoms with Crippen molar-refractivity contribution in [2.24, 2.45) is 5.92 Å². The van der Waals surface area contributed by atoms with Gasteiger partial charge in [-0.3, -0.25) is 9.59 Å².